The first-order valence-corrected chi connectivity index (χ1v) is 6.61. The summed E-state index contributed by atoms with van der Waals surface area (Å²) in [5, 5.41) is 6.81. The largest absolute Gasteiger partial charge is 0.324 e. The second kappa shape index (κ2) is 5.58. The molecule has 7 heteroatoms. The van der Waals surface area contributed by atoms with Crippen molar-refractivity contribution in [2.24, 2.45) is 0 Å². The number of nitrogens with zero attached hydrogens (tertiary/aromatic N) is 3. The zero-order chi connectivity index (χ0) is 12.3. The zero-order valence-electron chi connectivity index (χ0n) is 8.60. The Bertz CT molecular complexity index is 525. The Hall–Kier alpha value is -0.960. The Morgan fingerprint density at radius 3 is 2.71 bits per heavy atom. The molecule has 2 rings (SSSR count). The van der Waals surface area contributed by atoms with E-state index >= 15 is 0 Å². The van der Waals surface area contributed by atoms with Crippen LogP contribution >= 0.6 is 38.5 Å². The molecule has 1 aromatic carbocycles. The third-order valence-corrected chi connectivity index (χ3v) is 2.97. The maximum Gasteiger partial charge on any atom is 0.246 e. The lowest BCUT2D eigenvalue weighted by atomic mass is 10.3. The first-order chi connectivity index (χ1) is 8.13. The Kier molecular flexibility index (Phi) is 4.11. The van der Waals surface area contributed by atoms with Crippen molar-refractivity contribution in [1.82, 2.24) is 14.8 Å². The van der Waals surface area contributed by atoms with Crippen LogP contribution in [0.3, 0.4) is 0 Å². The van der Waals surface area contributed by atoms with Crippen LogP contribution in [0.4, 0.5) is 5.69 Å². The molecule has 0 aliphatic rings. The van der Waals surface area contributed by atoms with E-state index in [1.807, 2.05) is 46.9 Å². The zero-order valence-corrected chi connectivity index (χ0v) is 12.3. The highest BCUT2D eigenvalue weighted by Crippen LogP contribution is 2.13. The summed E-state index contributed by atoms with van der Waals surface area (Å²) in [4.78, 5) is 15.6. The molecule has 0 saturated carbocycles. The van der Waals surface area contributed by atoms with Gasteiger partial charge in [0.25, 0.3) is 0 Å². The fourth-order valence-electron chi connectivity index (χ4n) is 1.23. The van der Waals surface area contributed by atoms with Crippen molar-refractivity contribution in [2.45, 2.75) is 6.54 Å². The highest BCUT2D eigenvalue weighted by atomic mass is 127. The predicted molar refractivity (Wildman–Crippen MR) is 75.5 cm³/mol. The smallest absolute Gasteiger partial charge is 0.246 e. The molecule has 0 aliphatic heterocycles. The van der Waals surface area contributed by atoms with Crippen LogP contribution in [0.5, 0.6) is 0 Å². The minimum atomic E-state index is -0.131. The molecule has 0 atom stereocenters. The van der Waals surface area contributed by atoms with Gasteiger partial charge < -0.3 is 5.32 Å². The number of nitrogens with one attached hydrogen (secondary N) is 1. The predicted octanol–water partition coefficient (Wildman–Crippen LogP) is 2.28. The summed E-state index contributed by atoms with van der Waals surface area (Å²) in [6, 6.07) is 7.39. The lowest BCUT2D eigenvalue weighted by molar-refractivity contribution is -0.116. The van der Waals surface area contributed by atoms with Crippen molar-refractivity contribution >= 4 is 50.1 Å². The lowest BCUT2D eigenvalue weighted by Gasteiger charge is -2.04. The van der Waals surface area contributed by atoms with Crippen LogP contribution in [0.15, 0.2) is 35.1 Å². The third-order valence-electron chi connectivity index (χ3n) is 1.94. The minimum Gasteiger partial charge on any atom is -0.324 e. The van der Waals surface area contributed by atoms with Crippen molar-refractivity contribution in [3.63, 3.8) is 0 Å². The van der Waals surface area contributed by atoms with Gasteiger partial charge in [-0.15, -0.1) is 5.10 Å². The van der Waals surface area contributed by atoms with Crippen LogP contribution in [-0.2, 0) is 11.3 Å². The maximum atomic E-state index is 11.7. The second-order valence-corrected chi connectivity index (χ2v) is 5.15. The van der Waals surface area contributed by atoms with Gasteiger partial charge in [0.1, 0.15) is 12.9 Å². The summed E-state index contributed by atoms with van der Waals surface area (Å²) in [6.45, 7) is 0.159. The Labute approximate surface area is 120 Å². The molecule has 0 fully saturated rings. The van der Waals surface area contributed by atoms with E-state index in [1.165, 1.54) is 11.0 Å². The van der Waals surface area contributed by atoms with E-state index in [0.29, 0.717) is 3.83 Å². The van der Waals surface area contributed by atoms with Gasteiger partial charge in [0, 0.05) is 32.8 Å². The van der Waals surface area contributed by atoms with E-state index in [2.05, 4.69) is 31.3 Å². The van der Waals surface area contributed by atoms with Crippen LogP contribution in [0, 0.1) is 3.83 Å². The van der Waals surface area contributed by atoms with Gasteiger partial charge in [-0.2, -0.15) is 0 Å². The van der Waals surface area contributed by atoms with Gasteiger partial charge in [0.05, 0.1) is 0 Å². The molecule has 0 spiro atoms. The number of hydrogen-bond donors (Lipinski definition) is 1. The highest BCUT2D eigenvalue weighted by Gasteiger charge is 2.05. The second-order valence-electron chi connectivity index (χ2n) is 3.27. The van der Waals surface area contributed by atoms with Crippen molar-refractivity contribution < 1.29 is 4.79 Å². The van der Waals surface area contributed by atoms with Gasteiger partial charge in [0.2, 0.25) is 9.74 Å². The maximum absolute atomic E-state index is 11.7. The molecule has 2 aromatic rings. The summed E-state index contributed by atoms with van der Waals surface area (Å²) in [5.74, 6) is -0.131. The fourth-order valence-corrected chi connectivity index (χ4v) is 1.89. The van der Waals surface area contributed by atoms with Gasteiger partial charge in [0.15, 0.2) is 0 Å². The van der Waals surface area contributed by atoms with Gasteiger partial charge in [-0.3, -0.25) is 4.79 Å². The summed E-state index contributed by atoms with van der Waals surface area (Å²) in [7, 11) is 0. The van der Waals surface area contributed by atoms with Crippen molar-refractivity contribution in [3.8, 4) is 0 Å². The summed E-state index contributed by atoms with van der Waals surface area (Å²) < 4.78 is 3.09. The van der Waals surface area contributed by atoms with Crippen LogP contribution in [0.25, 0.3) is 0 Å². The lowest BCUT2D eigenvalue weighted by Crippen LogP contribution is -2.19. The van der Waals surface area contributed by atoms with Gasteiger partial charge in [-0.05, 0) is 24.3 Å². The third kappa shape index (κ3) is 3.77. The number of aromatic nitrogens is 3. The highest BCUT2D eigenvalue weighted by molar-refractivity contribution is 14.1. The van der Waals surface area contributed by atoms with Crippen LogP contribution in [0.2, 0.25) is 0 Å². The summed E-state index contributed by atoms with van der Waals surface area (Å²) in [6.07, 6.45) is 1.53. The molecule has 88 valence electrons. The quantitative estimate of drug-likeness (QED) is 0.795. The molecule has 0 radical (unpaired) electrons. The molecule has 1 amide bonds. The Balaban J connectivity index is 1.95. The number of benzene rings is 1. The number of carbonyl (C=O) groups excluding carboxylic acids is 1. The SMILES string of the molecule is O=C(Cn1cnc(I)n1)Nc1ccc(Br)cc1. The van der Waals surface area contributed by atoms with E-state index in [-0.39, 0.29) is 12.5 Å². The standard InChI is InChI=1S/C10H8BrIN4O/c11-7-1-3-8(4-2-7)14-9(17)5-16-6-13-10(12)15-16/h1-4,6H,5H2,(H,14,17). The summed E-state index contributed by atoms with van der Waals surface area (Å²) in [5.41, 5.74) is 0.757. The Morgan fingerprint density at radius 1 is 1.41 bits per heavy atom. The molecule has 0 aliphatic carbocycles. The molecule has 17 heavy (non-hydrogen) atoms. The first kappa shape index (κ1) is 12.5. The fraction of sp³-hybridized carbons (Fsp3) is 0.100. The molecule has 0 unspecified atom stereocenters. The number of carbonyl (C=O) groups is 1. The molecule has 1 heterocycles. The molecule has 0 saturated heterocycles. The monoisotopic (exact) mass is 406 g/mol. The molecule has 1 aromatic heterocycles. The molecular formula is C10H8BrIN4O. The van der Waals surface area contributed by atoms with Crippen molar-refractivity contribution in [1.29, 1.82) is 0 Å². The topological polar surface area (TPSA) is 59.8 Å². The van der Waals surface area contributed by atoms with Gasteiger partial charge >= 0.3 is 0 Å². The molecular weight excluding hydrogens is 399 g/mol. The van der Waals surface area contributed by atoms with Crippen molar-refractivity contribution in [2.75, 3.05) is 5.32 Å². The Morgan fingerprint density at radius 2 is 2.12 bits per heavy atom. The summed E-state index contributed by atoms with van der Waals surface area (Å²) >= 11 is 5.33. The number of anilines is 1. The first-order valence-electron chi connectivity index (χ1n) is 4.74. The van der Waals surface area contributed by atoms with E-state index in [9.17, 15) is 4.79 Å². The molecule has 0 bridgehead atoms. The van der Waals surface area contributed by atoms with Crippen LogP contribution in [-0.4, -0.2) is 20.7 Å². The molecule has 1 N–H and O–H groups in total. The van der Waals surface area contributed by atoms with Crippen LogP contribution < -0.4 is 5.32 Å². The van der Waals surface area contributed by atoms with Crippen molar-refractivity contribution in [3.05, 3.63) is 38.9 Å². The minimum absolute atomic E-state index is 0.131. The van der Waals surface area contributed by atoms with Gasteiger partial charge in [-0.1, -0.05) is 15.9 Å². The van der Waals surface area contributed by atoms with E-state index in [0.717, 1.165) is 10.2 Å². The van der Waals surface area contributed by atoms with Crippen LogP contribution in [0.1, 0.15) is 0 Å². The molecule has 5 nitrogen and oxygen atoms in total. The van der Waals surface area contributed by atoms with Gasteiger partial charge in [-0.25, -0.2) is 9.67 Å². The number of amides is 1. The number of halogens is 2. The number of rotatable bonds is 3. The average molecular weight is 407 g/mol. The van der Waals surface area contributed by atoms with E-state index in [4.69, 9.17) is 0 Å². The number of hydrogen-bond acceptors (Lipinski definition) is 3. The van der Waals surface area contributed by atoms with E-state index < -0.39 is 0 Å². The van der Waals surface area contributed by atoms with E-state index in [1.54, 1.807) is 0 Å². The average Bonchev–Trinajstić information content (AvgIpc) is 2.67. The normalized spacial score (nSPS) is 10.2.